The molecule has 0 aliphatic heterocycles. The maximum atomic E-state index is 12.9. The van der Waals surface area contributed by atoms with Crippen molar-refractivity contribution in [3.8, 4) is 5.75 Å². The standard InChI is InChI=1S/C18H14ClF3N4O3/c19-15-4-1-11(8-24-15)25-16-13-3-2-12(7-10(13)5-6-23-16)29-9-14(18(20,21)22)26-17(27)28/h1-8,14,26H,9H2,(H,23,25)(H,27,28). The van der Waals surface area contributed by atoms with E-state index in [1.54, 1.807) is 24.3 Å². The van der Waals surface area contributed by atoms with Gasteiger partial charge in [0.25, 0.3) is 0 Å². The third-order valence-electron chi connectivity index (χ3n) is 3.84. The molecule has 3 aromatic rings. The summed E-state index contributed by atoms with van der Waals surface area (Å²) >= 11 is 5.76. The highest BCUT2D eigenvalue weighted by Gasteiger charge is 2.41. The average molecular weight is 427 g/mol. The van der Waals surface area contributed by atoms with Crippen molar-refractivity contribution >= 4 is 40.0 Å². The van der Waals surface area contributed by atoms with Gasteiger partial charge in [0, 0.05) is 11.6 Å². The molecule has 11 heteroatoms. The number of anilines is 2. The maximum absolute atomic E-state index is 12.9. The third-order valence-corrected chi connectivity index (χ3v) is 4.06. The van der Waals surface area contributed by atoms with Crippen LogP contribution >= 0.6 is 11.6 Å². The molecule has 29 heavy (non-hydrogen) atoms. The summed E-state index contributed by atoms with van der Waals surface area (Å²) in [5, 5.41) is 14.8. The van der Waals surface area contributed by atoms with Gasteiger partial charge in [0.15, 0.2) is 6.04 Å². The molecule has 0 fully saturated rings. The monoisotopic (exact) mass is 426 g/mol. The number of nitrogens with zero attached hydrogens (tertiary/aromatic N) is 2. The third kappa shape index (κ3) is 5.38. The van der Waals surface area contributed by atoms with Gasteiger partial charge >= 0.3 is 12.3 Å². The largest absolute Gasteiger partial charge is 0.491 e. The summed E-state index contributed by atoms with van der Waals surface area (Å²) in [4.78, 5) is 18.8. The average Bonchev–Trinajstić information content (AvgIpc) is 2.66. The predicted octanol–water partition coefficient (Wildman–Crippen LogP) is 4.60. The lowest BCUT2D eigenvalue weighted by Gasteiger charge is -2.20. The van der Waals surface area contributed by atoms with E-state index in [9.17, 15) is 18.0 Å². The highest BCUT2D eigenvalue weighted by atomic mass is 35.5. The van der Waals surface area contributed by atoms with Crippen molar-refractivity contribution < 1.29 is 27.8 Å². The van der Waals surface area contributed by atoms with E-state index in [-0.39, 0.29) is 5.75 Å². The molecule has 0 saturated carbocycles. The Hall–Kier alpha value is -3.27. The minimum absolute atomic E-state index is 0.157. The Balaban J connectivity index is 1.78. The first-order valence-corrected chi connectivity index (χ1v) is 8.56. The molecule has 0 radical (unpaired) electrons. The zero-order chi connectivity index (χ0) is 21.0. The van der Waals surface area contributed by atoms with Crippen molar-refractivity contribution in [2.24, 2.45) is 0 Å². The molecule has 152 valence electrons. The zero-order valence-corrected chi connectivity index (χ0v) is 15.3. The van der Waals surface area contributed by atoms with E-state index >= 15 is 0 Å². The number of alkyl halides is 3. The molecule has 1 atom stereocenters. The molecule has 3 rings (SSSR count). The number of amides is 1. The molecule has 2 heterocycles. The number of fused-ring (bicyclic) bond motifs is 1. The minimum Gasteiger partial charge on any atom is -0.491 e. The van der Waals surface area contributed by atoms with E-state index in [1.165, 1.54) is 29.8 Å². The van der Waals surface area contributed by atoms with Gasteiger partial charge in [-0.3, -0.25) is 0 Å². The number of carbonyl (C=O) groups is 1. The van der Waals surface area contributed by atoms with Crippen LogP contribution in [0.1, 0.15) is 0 Å². The molecule has 3 N–H and O–H groups in total. The smallest absolute Gasteiger partial charge is 0.412 e. The van der Waals surface area contributed by atoms with E-state index in [0.717, 1.165) is 0 Å². The van der Waals surface area contributed by atoms with Crippen LogP contribution in [0.15, 0.2) is 48.8 Å². The van der Waals surface area contributed by atoms with Gasteiger partial charge in [-0.15, -0.1) is 0 Å². The van der Waals surface area contributed by atoms with Gasteiger partial charge in [0.05, 0.1) is 11.9 Å². The Morgan fingerprint density at radius 1 is 1.21 bits per heavy atom. The Bertz CT molecular complexity index is 1020. The molecule has 7 nitrogen and oxygen atoms in total. The zero-order valence-electron chi connectivity index (χ0n) is 14.6. The Morgan fingerprint density at radius 3 is 2.66 bits per heavy atom. The number of rotatable bonds is 6. The van der Waals surface area contributed by atoms with Crippen LogP contribution in [0.25, 0.3) is 10.8 Å². The van der Waals surface area contributed by atoms with E-state index < -0.39 is 24.9 Å². The van der Waals surface area contributed by atoms with E-state index in [2.05, 4.69) is 15.3 Å². The topological polar surface area (TPSA) is 96.4 Å². The van der Waals surface area contributed by atoms with Gasteiger partial charge in [-0.05, 0) is 41.8 Å². The van der Waals surface area contributed by atoms with Crippen LogP contribution in [-0.4, -0.2) is 40.0 Å². The number of ether oxygens (including phenoxy) is 1. The number of hydrogen-bond donors (Lipinski definition) is 3. The molecule has 1 aromatic carbocycles. The molecule has 0 aliphatic carbocycles. The first-order chi connectivity index (χ1) is 13.7. The Morgan fingerprint density at radius 2 is 2.00 bits per heavy atom. The van der Waals surface area contributed by atoms with Crippen molar-refractivity contribution in [3.05, 3.63) is 53.9 Å². The summed E-state index contributed by atoms with van der Waals surface area (Å²) in [5.41, 5.74) is 0.655. The fourth-order valence-electron chi connectivity index (χ4n) is 2.48. The first kappa shape index (κ1) is 20.5. The summed E-state index contributed by atoms with van der Waals surface area (Å²) in [6.45, 7) is -0.895. The van der Waals surface area contributed by atoms with Crippen molar-refractivity contribution in [1.82, 2.24) is 15.3 Å². The lowest BCUT2D eigenvalue weighted by Crippen LogP contribution is -2.48. The van der Waals surface area contributed by atoms with Crippen molar-refractivity contribution in [3.63, 3.8) is 0 Å². The lowest BCUT2D eigenvalue weighted by molar-refractivity contribution is -0.160. The number of aromatic nitrogens is 2. The molecule has 0 saturated heterocycles. The molecule has 0 aliphatic rings. The molecule has 0 spiro atoms. The van der Waals surface area contributed by atoms with Crippen LogP contribution in [0.3, 0.4) is 0 Å². The fraction of sp³-hybridized carbons (Fsp3) is 0.167. The fourth-order valence-corrected chi connectivity index (χ4v) is 2.59. The van der Waals surface area contributed by atoms with Crippen LogP contribution < -0.4 is 15.4 Å². The number of pyridine rings is 2. The van der Waals surface area contributed by atoms with Crippen molar-refractivity contribution in [2.75, 3.05) is 11.9 Å². The second-order valence-corrected chi connectivity index (χ2v) is 6.28. The highest BCUT2D eigenvalue weighted by Crippen LogP contribution is 2.28. The van der Waals surface area contributed by atoms with Gasteiger partial charge < -0.3 is 20.5 Å². The van der Waals surface area contributed by atoms with Crippen molar-refractivity contribution in [2.45, 2.75) is 12.2 Å². The number of benzene rings is 1. The van der Waals surface area contributed by atoms with Crippen LogP contribution in [-0.2, 0) is 0 Å². The van der Waals surface area contributed by atoms with Crippen LogP contribution in [0.5, 0.6) is 5.75 Å². The van der Waals surface area contributed by atoms with Gasteiger partial charge in [-0.1, -0.05) is 11.6 Å². The first-order valence-electron chi connectivity index (χ1n) is 8.19. The molecule has 0 bridgehead atoms. The summed E-state index contributed by atoms with van der Waals surface area (Å²) in [6, 6.07) is 7.31. The number of hydrogen-bond acceptors (Lipinski definition) is 5. The quantitative estimate of drug-likeness (QED) is 0.498. The van der Waals surface area contributed by atoms with E-state index in [1.807, 2.05) is 0 Å². The maximum Gasteiger partial charge on any atom is 0.412 e. The number of halogens is 4. The van der Waals surface area contributed by atoms with Crippen LogP contribution in [0, 0.1) is 0 Å². The van der Waals surface area contributed by atoms with E-state index in [4.69, 9.17) is 21.4 Å². The molecular weight excluding hydrogens is 413 g/mol. The second kappa shape index (κ2) is 8.39. The minimum atomic E-state index is -4.77. The lowest BCUT2D eigenvalue weighted by atomic mass is 10.1. The normalized spacial score (nSPS) is 12.4. The van der Waals surface area contributed by atoms with Crippen LogP contribution in [0.4, 0.5) is 29.5 Å². The number of carboxylic acid groups (broad SMARTS) is 1. The highest BCUT2D eigenvalue weighted by molar-refractivity contribution is 6.29. The van der Waals surface area contributed by atoms with Crippen LogP contribution in [0.2, 0.25) is 5.15 Å². The molecule has 1 unspecified atom stereocenters. The summed E-state index contributed by atoms with van der Waals surface area (Å²) < 4.78 is 43.8. The Labute approximate surface area is 167 Å². The van der Waals surface area contributed by atoms with Gasteiger partial charge in [0.2, 0.25) is 0 Å². The number of nitrogens with one attached hydrogen (secondary N) is 2. The predicted molar refractivity (Wildman–Crippen MR) is 101 cm³/mol. The van der Waals surface area contributed by atoms with Gasteiger partial charge in [-0.25, -0.2) is 14.8 Å². The van der Waals surface area contributed by atoms with Gasteiger partial charge in [0.1, 0.15) is 23.3 Å². The van der Waals surface area contributed by atoms with Crippen molar-refractivity contribution in [1.29, 1.82) is 0 Å². The molecular formula is C18H14ClF3N4O3. The summed E-state index contributed by atoms with van der Waals surface area (Å²) in [7, 11) is 0. The van der Waals surface area contributed by atoms with Gasteiger partial charge in [-0.2, -0.15) is 13.2 Å². The Kier molecular flexibility index (Phi) is 5.92. The summed E-state index contributed by atoms with van der Waals surface area (Å²) in [6.07, 6.45) is -3.49. The SMILES string of the molecule is O=C(O)NC(COc1ccc2c(Nc3ccc(Cl)nc3)nccc2c1)C(F)(F)F. The summed E-state index contributed by atoms with van der Waals surface area (Å²) in [5.74, 6) is 0.670. The molecule has 1 amide bonds. The second-order valence-electron chi connectivity index (χ2n) is 5.89. The van der Waals surface area contributed by atoms with E-state index in [0.29, 0.717) is 27.4 Å². The molecule has 2 aromatic heterocycles.